The summed E-state index contributed by atoms with van der Waals surface area (Å²) in [6, 6.07) is 6.65. The molecule has 1 aromatic carbocycles. The fourth-order valence-corrected chi connectivity index (χ4v) is 2.19. The summed E-state index contributed by atoms with van der Waals surface area (Å²) in [5.41, 5.74) is 6.07. The minimum absolute atomic E-state index is 0.101. The number of piperazine rings is 1. The molecule has 1 amide bonds. The molecule has 0 saturated carbocycles. The molecule has 0 aliphatic carbocycles. The lowest BCUT2D eigenvalue weighted by atomic mass is 10.2. The van der Waals surface area contributed by atoms with Gasteiger partial charge in [0.1, 0.15) is 5.10 Å². The van der Waals surface area contributed by atoms with Crippen LogP contribution in [0.1, 0.15) is 10.4 Å². The summed E-state index contributed by atoms with van der Waals surface area (Å²) < 4.78 is 0. The molecule has 0 spiro atoms. The van der Waals surface area contributed by atoms with E-state index < -0.39 is 5.03 Å². The second-order valence-electron chi connectivity index (χ2n) is 4.48. The van der Waals surface area contributed by atoms with Crippen LogP contribution in [0.4, 0.5) is 0 Å². The highest BCUT2D eigenvalue weighted by Crippen LogP contribution is 2.13. The Morgan fingerprint density at radius 2 is 1.71 bits per heavy atom. The lowest BCUT2D eigenvalue weighted by Crippen LogP contribution is -2.52. The van der Waals surface area contributed by atoms with Gasteiger partial charge in [-0.05, 0) is 24.3 Å². The predicted octanol–water partition coefficient (Wildman–Crippen LogP) is 0.604. The standard InChI is InChI=1S/C12H14ClN5O3/c13-10-3-1-9(2-4-10)11(19)16-5-7-17(8-6-16)12(14)15-18(20)21/h1-4H,5-8H2,(H2,14,15). The summed E-state index contributed by atoms with van der Waals surface area (Å²) in [5, 5.41) is 13.1. The minimum atomic E-state index is -0.833. The molecule has 1 aliphatic heterocycles. The zero-order valence-electron chi connectivity index (χ0n) is 11.1. The number of hydrazone groups is 1. The number of amides is 1. The Balaban J connectivity index is 1.96. The van der Waals surface area contributed by atoms with Crippen LogP contribution < -0.4 is 5.73 Å². The highest BCUT2D eigenvalue weighted by atomic mass is 35.5. The number of benzene rings is 1. The Morgan fingerprint density at radius 1 is 1.19 bits per heavy atom. The Labute approximate surface area is 125 Å². The number of nitro groups is 1. The number of nitrogens with zero attached hydrogens (tertiary/aromatic N) is 4. The average Bonchev–Trinajstić information content (AvgIpc) is 2.47. The molecule has 8 nitrogen and oxygen atoms in total. The van der Waals surface area contributed by atoms with Gasteiger partial charge < -0.3 is 15.5 Å². The zero-order valence-corrected chi connectivity index (χ0v) is 11.9. The van der Waals surface area contributed by atoms with Gasteiger partial charge in [0.2, 0.25) is 0 Å². The highest BCUT2D eigenvalue weighted by molar-refractivity contribution is 6.30. The second kappa shape index (κ2) is 6.40. The second-order valence-corrected chi connectivity index (χ2v) is 4.92. The molecule has 0 unspecified atom stereocenters. The molecule has 21 heavy (non-hydrogen) atoms. The van der Waals surface area contributed by atoms with E-state index in [1.54, 1.807) is 34.1 Å². The van der Waals surface area contributed by atoms with Crippen molar-refractivity contribution in [1.82, 2.24) is 9.80 Å². The van der Waals surface area contributed by atoms with E-state index in [9.17, 15) is 14.9 Å². The van der Waals surface area contributed by atoms with E-state index in [2.05, 4.69) is 5.10 Å². The van der Waals surface area contributed by atoms with Gasteiger partial charge in [0.15, 0.2) is 5.03 Å². The van der Waals surface area contributed by atoms with Gasteiger partial charge in [-0.3, -0.25) is 4.79 Å². The Kier molecular flexibility index (Phi) is 4.59. The van der Waals surface area contributed by atoms with Gasteiger partial charge in [-0.25, -0.2) is 10.1 Å². The summed E-state index contributed by atoms with van der Waals surface area (Å²) in [4.78, 5) is 25.8. The van der Waals surface area contributed by atoms with Crippen molar-refractivity contribution in [2.75, 3.05) is 26.2 Å². The van der Waals surface area contributed by atoms with E-state index in [-0.39, 0.29) is 11.9 Å². The van der Waals surface area contributed by atoms with Gasteiger partial charge in [-0.15, -0.1) is 0 Å². The number of rotatable bonds is 2. The van der Waals surface area contributed by atoms with Gasteiger partial charge >= 0.3 is 0 Å². The van der Waals surface area contributed by atoms with Crippen LogP contribution in [-0.4, -0.2) is 52.9 Å². The number of hydrogen-bond donors (Lipinski definition) is 1. The van der Waals surface area contributed by atoms with Gasteiger partial charge in [-0.1, -0.05) is 11.6 Å². The molecular weight excluding hydrogens is 298 g/mol. The first-order valence-electron chi connectivity index (χ1n) is 6.25. The molecule has 0 radical (unpaired) electrons. The molecular formula is C12H14ClN5O3. The number of carbonyl (C=O) groups is 1. The summed E-state index contributed by atoms with van der Waals surface area (Å²) in [6.45, 7) is 1.66. The molecule has 1 fully saturated rings. The third-order valence-corrected chi connectivity index (χ3v) is 3.42. The SMILES string of the molecule is NC(=N[N+](=O)[O-])N1CCN(C(=O)c2ccc(Cl)cc2)CC1. The lowest BCUT2D eigenvalue weighted by molar-refractivity contribution is -0.485. The fraction of sp³-hybridized carbons (Fsp3) is 0.333. The van der Waals surface area contributed by atoms with Gasteiger partial charge in [-0.2, -0.15) is 0 Å². The van der Waals surface area contributed by atoms with Gasteiger partial charge in [0.05, 0.1) is 0 Å². The highest BCUT2D eigenvalue weighted by Gasteiger charge is 2.24. The first-order valence-corrected chi connectivity index (χ1v) is 6.63. The van der Waals surface area contributed by atoms with Crippen molar-refractivity contribution in [3.63, 3.8) is 0 Å². The summed E-state index contributed by atoms with van der Waals surface area (Å²) >= 11 is 5.78. The third-order valence-electron chi connectivity index (χ3n) is 3.17. The number of nitrogens with two attached hydrogens (primary N) is 1. The number of carbonyl (C=O) groups excluding carboxylic acids is 1. The zero-order chi connectivity index (χ0) is 15.4. The topological polar surface area (TPSA) is 105 Å². The number of hydrogen-bond acceptors (Lipinski definition) is 3. The van der Waals surface area contributed by atoms with Crippen molar-refractivity contribution in [2.45, 2.75) is 0 Å². The molecule has 1 heterocycles. The van der Waals surface area contributed by atoms with Crippen LogP contribution >= 0.6 is 11.6 Å². The van der Waals surface area contributed by atoms with Gasteiger partial charge in [0.25, 0.3) is 11.9 Å². The molecule has 112 valence electrons. The van der Waals surface area contributed by atoms with Crippen LogP contribution in [0.15, 0.2) is 29.4 Å². The Morgan fingerprint density at radius 3 is 2.24 bits per heavy atom. The predicted molar refractivity (Wildman–Crippen MR) is 77.5 cm³/mol. The van der Waals surface area contributed by atoms with Crippen LogP contribution in [-0.2, 0) is 0 Å². The fourth-order valence-electron chi connectivity index (χ4n) is 2.06. The van der Waals surface area contributed by atoms with E-state index in [1.807, 2.05) is 0 Å². The van der Waals surface area contributed by atoms with Crippen LogP contribution in [0.2, 0.25) is 5.02 Å². The summed E-state index contributed by atoms with van der Waals surface area (Å²) in [6.07, 6.45) is 0. The maximum atomic E-state index is 12.3. The maximum absolute atomic E-state index is 12.3. The normalized spacial score (nSPS) is 16.0. The van der Waals surface area contributed by atoms with Crippen LogP contribution in [0.3, 0.4) is 0 Å². The first kappa shape index (κ1) is 15.0. The molecule has 2 rings (SSSR count). The Bertz CT molecular complexity index is 567. The quantitative estimate of drug-likeness (QED) is 0.373. The molecule has 1 aliphatic rings. The van der Waals surface area contributed by atoms with E-state index in [4.69, 9.17) is 17.3 Å². The molecule has 0 bridgehead atoms. The Hall–Kier alpha value is -2.35. The van der Waals surface area contributed by atoms with Crippen molar-refractivity contribution in [3.8, 4) is 0 Å². The average molecular weight is 312 g/mol. The lowest BCUT2D eigenvalue weighted by Gasteiger charge is -2.34. The molecule has 9 heteroatoms. The van der Waals surface area contributed by atoms with Crippen molar-refractivity contribution in [3.05, 3.63) is 45.0 Å². The molecule has 0 atom stereocenters. The minimum Gasteiger partial charge on any atom is -0.365 e. The van der Waals surface area contributed by atoms with E-state index in [0.29, 0.717) is 36.8 Å². The van der Waals surface area contributed by atoms with Crippen molar-refractivity contribution < 1.29 is 9.83 Å². The smallest absolute Gasteiger partial charge is 0.268 e. The summed E-state index contributed by atoms with van der Waals surface area (Å²) in [5.74, 6) is -0.241. The van der Waals surface area contributed by atoms with Crippen molar-refractivity contribution in [1.29, 1.82) is 0 Å². The van der Waals surface area contributed by atoms with E-state index in [0.717, 1.165) is 0 Å². The van der Waals surface area contributed by atoms with Crippen molar-refractivity contribution in [2.24, 2.45) is 10.8 Å². The molecule has 0 aromatic heterocycles. The molecule has 1 aromatic rings. The largest absolute Gasteiger partial charge is 0.365 e. The van der Waals surface area contributed by atoms with Crippen LogP contribution in [0.5, 0.6) is 0 Å². The van der Waals surface area contributed by atoms with E-state index in [1.165, 1.54) is 0 Å². The third kappa shape index (κ3) is 3.82. The molecule has 2 N–H and O–H groups in total. The van der Waals surface area contributed by atoms with Crippen LogP contribution in [0.25, 0.3) is 0 Å². The number of halogens is 1. The number of guanidine groups is 1. The van der Waals surface area contributed by atoms with Gasteiger partial charge in [0, 0.05) is 36.8 Å². The molecule has 1 saturated heterocycles. The maximum Gasteiger partial charge on any atom is 0.268 e. The van der Waals surface area contributed by atoms with Crippen LogP contribution in [0, 0.1) is 10.1 Å². The monoisotopic (exact) mass is 311 g/mol. The van der Waals surface area contributed by atoms with E-state index >= 15 is 0 Å². The van der Waals surface area contributed by atoms with Crippen molar-refractivity contribution >= 4 is 23.5 Å². The first-order chi connectivity index (χ1) is 9.97. The summed E-state index contributed by atoms with van der Waals surface area (Å²) in [7, 11) is 0.